The number of hydrogen-bond acceptors (Lipinski definition) is 4. The van der Waals surface area contributed by atoms with Crippen LogP contribution in [0.2, 0.25) is 0 Å². The fraction of sp³-hybridized carbons (Fsp3) is 0.455. The Morgan fingerprint density at radius 2 is 2.00 bits per heavy atom. The van der Waals surface area contributed by atoms with Crippen LogP contribution in [0.15, 0.2) is 22.7 Å². The van der Waals surface area contributed by atoms with Gasteiger partial charge in [-0.15, -0.1) is 13.2 Å². The summed E-state index contributed by atoms with van der Waals surface area (Å²) in [4.78, 5) is 0. The molecule has 0 fully saturated rings. The topological polar surface area (TPSA) is 55.4 Å². The molecule has 0 heterocycles. The van der Waals surface area contributed by atoms with Crippen molar-refractivity contribution >= 4 is 31.5 Å². The predicted octanol–water partition coefficient (Wildman–Crippen LogP) is 3.19. The van der Waals surface area contributed by atoms with Gasteiger partial charge in [0.15, 0.2) is 15.6 Å². The summed E-state index contributed by atoms with van der Waals surface area (Å²) < 4.78 is 63.7. The van der Waals surface area contributed by atoms with Crippen LogP contribution in [0, 0.1) is 0 Å². The third kappa shape index (κ3) is 6.00. The van der Waals surface area contributed by atoms with Crippen molar-refractivity contribution in [3.63, 3.8) is 0 Å². The second-order valence-corrected chi connectivity index (χ2v) is 7.24. The molecular formula is C11H13BrF3NO3S. The van der Waals surface area contributed by atoms with E-state index in [1.54, 1.807) is 0 Å². The molecule has 0 aromatic heterocycles. The van der Waals surface area contributed by atoms with Crippen LogP contribution in [-0.4, -0.2) is 32.8 Å². The minimum Gasteiger partial charge on any atom is -0.404 e. The van der Waals surface area contributed by atoms with Crippen LogP contribution in [0.1, 0.15) is 6.92 Å². The molecule has 0 aliphatic rings. The lowest BCUT2D eigenvalue weighted by atomic mass is 10.3. The van der Waals surface area contributed by atoms with E-state index in [9.17, 15) is 21.6 Å². The van der Waals surface area contributed by atoms with Crippen molar-refractivity contribution in [2.75, 3.05) is 23.4 Å². The summed E-state index contributed by atoms with van der Waals surface area (Å²) in [5.41, 5.74) is 0.0804. The third-order valence-electron chi connectivity index (χ3n) is 2.34. The van der Waals surface area contributed by atoms with E-state index in [0.717, 1.165) is 6.07 Å². The van der Waals surface area contributed by atoms with Crippen molar-refractivity contribution in [1.29, 1.82) is 0 Å². The summed E-state index contributed by atoms with van der Waals surface area (Å²) in [7, 11) is -3.18. The normalized spacial score (nSPS) is 12.2. The van der Waals surface area contributed by atoms with Gasteiger partial charge < -0.3 is 10.1 Å². The van der Waals surface area contributed by atoms with E-state index < -0.39 is 21.9 Å². The lowest BCUT2D eigenvalue weighted by Crippen LogP contribution is -2.20. The summed E-state index contributed by atoms with van der Waals surface area (Å²) in [6.45, 7) is 1.51. The molecule has 9 heteroatoms. The Morgan fingerprint density at radius 3 is 2.55 bits per heavy atom. The number of anilines is 1. The molecule has 0 saturated heterocycles. The van der Waals surface area contributed by atoms with Crippen LogP contribution in [0.5, 0.6) is 5.75 Å². The Morgan fingerprint density at radius 1 is 1.35 bits per heavy atom. The molecule has 0 aliphatic heterocycles. The van der Waals surface area contributed by atoms with Crippen molar-refractivity contribution < 1.29 is 26.3 Å². The Labute approximate surface area is 123 Å². The number of sulfone groups is 1. The molecule has 20 heavy (non-hydrogen) atoms. The Kier molecular flexibility index (Phi) is 5.69. The van der Waals surface area contributed by atoms with Gasteiger partial charge in [-0.2, -0.15) is 0 Å². The van der Waals surface area contributed by atoms with Gasteiger partial charge in [0.2, 0.25) is 0 Å². The third-order valence-corrected chi connectivity index (χ3v) is 4.54. The highest BCUT2D eigenvalue weighted by molar-refractivity contribution is 9.10. The number of rotatable bonds is 6. The molecule has 1 aromatic rings. The standard InChI is InChI=1S/C11H13BrF3NO3S/c1-2-20(17,18)6-5-16-9-4-3-8(12)7-10(9)19-11(13,14)15/h3-4,7,16H,2,5-6H2,1H3. The number of alkyl halides is 3. The summed E-state index contributed by atoms with van der Waals surface area (Å²) in [5.74, 6) is -0.591. The van der Waals surface area contributed by atoms with Gasteiger partial charge in [0.1, 0.15) is 0 Å². The van der Waals surface area contributed by atoms with Gasteiger partial charge in [-0.25, -0.2) is 8.42 Å². The molecule has 0 amide bonds. The van der Waals surface area contributed by atoms with E-state index in [4.69, 9.17) is 0 Å². The quantitative estimate of drug-likeness (QED) is 0.829. The highest BCUT2D eigenvalue weighted by Crippen LogP contribution is 2.32. The van der Waals surface area contributed by atoms with Crippen LogP contribution < -0.4 is 10.1 Å². The first-order chi connectivity index (χ1) is 9.13. The molecule has 0 unspecified atom stereocenters. The molecule has 4 nitrogen and oxygen atoms in total. The molecule has 1 rings (SSSR count). The molecule has 114 valence electrons. The minimum atomic E-state index is -4.81. The molecular weight excluding hydrogens is 363 g/mol. The van der Waals surface area contributed by atoms with E-state index in [2.05, 4.69) is 26.0 Å². The summed E-state index contributed by atoms with van der Waals surface area (Å²) >= 11 is 3.04. The maximum absolute atomic E-state index is 12.3. The average molecular weight is 376 g/mol. The first kappa shape index (κ1) is 17.1. The van der Waals surface area contributed by atoms with Crippen molar-refractivity contribution in [1.82, 2.24) is 0 Å². The second-order valence-electron chi connectivity index (χ2n) is 3.85. The average Bonchev–Trinajstić information content (AvgIpc) is 2.30. The monoisotopic (exact) mass is 375 g/mol. The number of halogens is 4. The Bertz CT molecular complexity index is 561. The first-order valence-corrected chi connectivity index (χ1v) is 8.24. The maximum Gasteiger partial charge on any atom is 0.573 e. The fourth-order valence-corrected chi connectivity index (χ4v) is 2.38. The number of nitrogens with one attached hydrogen (secondary N) is 1. The smallest absolute Gasteiger partial charge is 0.404 e. The molecule has 0 bridgehead atoms. The molecule has 0 radical (unpaired) electrons. The van der Waals surface area contributed by atoms with Crippen LogP contribution in [0.25, 0.3) is 0 Å². The molecule has 0 aliphatic carbocycles. The van der Waals surface area contributed by atoms with Crippen LogP contribution >= 0.6 is 15.9 Å². The van der Waals surface area contributed by atoms with Gasteiger partial charge in [-0.1, -0.05) is 22.9 Å². The van der Waals surface area contributed by atoms with Gasteiger partial charge in [-0.3, -0.25) is 0 Å². The van der Waals surface area contributed by atoms with Crippen molar-refractivity contribution in [3.8, 4) is 5.75 Å². The molecule has 1 aromatic carbocycles. The molecule has 0 atom stereocenters. The first-order valence-electron chi connectivity index (χ1n) is 5.62. The summed E-state index contributed by atoms with van der Waals surface area (Å²) in [6.07, 6.45) is -4.81. The second kappa shape index (κ2) is 6.66. The van der Waals surface area contributed by atoms with E-state index >= 15 is 0 Å². The lowest BCUT2D eigenvalue weighted by molar-refractivity contribution is -0.274. The largest absolute Gasteiger partial charge is 0.573 e. The lowest BCUT2D eigenvalue weighted by Gasteiger charge is -2.15. The van der Waals surface area contributed by atoms with Gasteiger partial charge in [0, 0.05) is 16.8 Å². The predicted molar refractivity (Wildman–Crippen MR) is 73.6 cm³/mol. The van der Waals surface area contributed by atoms with Crippen LogP contribution in [-0.2, 0) is 9.84 Å². The van der Waals surface area contributed by atoms with Crippen LogP contribution in [0.3, 0.4) is 0 Å². The zero-order valence-corrected chi connectivity index (χ0v) is 12.9. The number of benzene rings is 1. The Balaban J connectivity index is 2.79. The maximum atomic E-state index is 12.3. The van der Waals surface area contributed by atoms with Gasteiger partial charge in [0.25, 0.3) is 0 Å². The van der Waals surface area contributed by atoms with Crippen molar-refractivity contribution in [2.45, 2.75) is 13.3 Å². The van der Waals surface area contributed by atoms with E-state index in [0.29, 0.717) is 4.47 Å². The van der Waals surface area contributed by atoms with Crippen LogP contribution in [0.4, 0.5) is 18.9 Å². The number of ether oxygens (including phenoxy) is 1. The highest BCUT2D eigenvalue weighted by atomic mass is 79.9. The summed E-state index contributed by atoms with van der Waals surface area (Å²) in [6, 6.07) is 4.06. The molecule has 0 saturated carbocycles. The summed E-state index contributed by atoms with van der Waals surface area (Å²) in [5, 5.41) is 2.63. The minimum absolute atomic E-state index is 0.00598. The van der Waals surface area contributed by atoms with E-state index in [1.807, 2.05) is 0 Å². The van der Waals surface area contributed by atoms with E-state index in [-0.39, 0.29) is 23.7 Å². The van der Waals surface area contributed by atoms with Gasteiger partial charge >= 0.3 is 6.36 Å². The van der Waals surface area contributed by atoms with Crippen molar-refractivity contribution in [3.05, 3.63) is 22.7 Å². The molecule has 0 spiro atoms. The Hall–Kier alpha value is -0.960. The fourth-order valence-electron chi connectivity index (χ4n) is 1.34. The van der Waals surface area contributed by atoms with Crippen molar-refractivity contribution in [2.24, 2.45) is 0 Å². The zero-order valence-electron chi connectivity index (χ0n) is 10.5. The number of hydrogen-bond donors (Lipinski definition) is 1. The van der Waals surface area contributed by atoms with Gasteiger partial charge in [0.05, 0.1) is 11.4 Å². The highest BCUT2D eigenvalue weighted by Gasteiger charge is 2.32. The van der Waals surface area contributed by atoms with E-state index in [1.165, 1.54) is 19.1 Å². The molecule has 1 N–H and O–H groups in total. The SMILES string of the molecule is CCS(=O)(=O)CCNc1ccc(Br)cc1OC(F)(F)F. The zero-order chi connectivity index (χ0) is 15.4. The van der Waals surface area contributed by atoms with Gasteiger partial charge in [-0.05, 0) is 18.2 Å².